The molecule has 0 radical (unpaired) electrons. The average molecular weight is 275 g/mol. The minimum atomic E-state index is 0.111. The summed E-state index contributed by atoms with van der Waals surface area (Å²) in [6.07, 6.45) is 2.08. The average Bonchev–Trinajstić information content (AvgIpc) is 2.45. The number of nitrogens with zero attached hydrogens (tertiary/aromatic N) is 1. The van der Waals surface area contributed by atoms with Gasteiger partial charge in [-0.2, -0.15) is 0 Å². The third kappa shape index (κ3) is 4.32. The standard InChI is InChI=1S/C16H25N3O/c1-13-4-2-5-14(10-13)11-19-9-3-6-15(12-19)16(20)18-8-7-17/h2,4-5,10,15H,3,6-9,11-12,17H2,1H3,(H,18,20). The second kappa shape index (κ2) is 7.41. The zero-order chi connectivity index (χ0) is 14.4. The maximum Gasteiger partial charge on any atom is 0.224 e. The summed E-state index contributed by atoms with van der Waals surface area (Å²) in [6.45, 7) is 6.06. The zero-order valence-corrected chi connectivity index (χ0v) is 12.3. The van der Waals surface area contributed by atoms with Gasteiger partial charge >= 0.3 is 0 Å². The monoisotopic (exact) mass is 275 g/mol. The number of amides is 1. The highest BCUT2D eigenvalue weighted by Crippen LogP contribution is 2.19. The Labute approximate surface area is 121 Å². The van der Waals surface area contributed by atoms with Gasteiger partial charge in [-0.25, -0.2) is 0 Å². The molecule has 1 heterocycles. The summed E-state index contributed by atoms with van der Waals surface area (Å²) in [7, 11) is 0. The molecule has 1 aliphatic rings. The van der Waals surface area contributed by atoms with E-state index in [1.165, 1.54) is 11.1 Å². The molecule has 1 aromatic rings. The Balaban J connectivity index is 1.88. The number of nitrogens with two attached hydrogens (primary N) is 1. The molecule has 0 bridgehead atoms. The van der Waals surface area contributed by atoms with Crippen LogP contribution in [0, 0.1) is 12.8 Å². The number of piperidine rings is 1. The fourth-order valence-corrected chi connectivity index (χ4v) is 2.82. The molecule has 110 valence electrons. The molecule has 1 saturated heterocycles. The summed E-state index contributed by atoms with van der Waals surface area (Å²) < 4.78 is 0. The van der Waals surface area contributed by atoms with Gasteiger partial charge < -0.3 is 11.1 Å². The minimum Gasteiger partial charge on any atom is -0.355 e. The molecule has 1 aliphatic heterocycles. The molecule has 1 amide bonds. The molecule has 4 nitrogen and oxygen atoms in total. The zero-order valence-electron chi connectivity index (χ0n) is 12.3. The predicted octanol–water partition coefficient (Wildman–Crippen LogP) is 1.28. The van der Waals surface area contributed by atoms with Crippen molar-refractivity contribution in [2.45, 2.75) is 26.3 Å². The molecular weight excluding hydrogens is 250 g/mol. The molecule has 0 aliphatic carbocycles. The Morgan fingerprint density at radius 3 is 3.10 bits per heavy atom. The Bertz CT molecular complexity index is 447. The van der Waals surface area contributed by atoms with Crippen molar-refractivity contribution in [1.29, 1.82) is 0 Å². The Hall–Kier alpha value is -1.39. The molecule has 1 aromatic carbocycles. The van der Waals surface area contributed by atoms with E-state index in [9.17, 15) is 4.79 Å². The number of aryl methyl sites for hydroxylation is 1. The van der Waals surface area contributed by atoms with E-state index in [-0.39, 0.29) is 11.8 Å². The van der Waals surface area contributed by atoms with Crippen LogP contribution in [0.5, 0.6) is 0 Å². The molecule has 4 heteroatoms. The van der Waals surface area contributed by atoms with Crippen LogP contribution in [0.3, 0.4) is 0 Å². The fourth-order valence-electron chi connectivity index (χ4n) is 2.82. The van der Waals surface area contributed by atoms with Gasteiger partial charge in [0.15, 0.2) is 0 Å². The molecule has 1 unspecified atom stereocenters. The van der Waals surface area contributed by atoms with E-state index in [1.807, 2.05) is 0 Å². The minimum absolute atomic E-state index is 0.111. The maximum absolute atomic E-state index is 12.0. The number of hydrogen-bond acceptors (Lipinski definition) is 3. The smallest absolute Gasteiger partial charge is 0.224 e. The molecule has 1 atom stereocenters. The predicted molar refractivity (Wildman–Crippen MR) is 81.2 cm³/mol. The first-order valence-corrected chi connectivity index (χ1v) is 7.44. The normalized spacial score (nSPS) is 19.8. The van der Waals surface area contributed by atoms with E-state index >= 15 is 0 Å². The lowest BCUT2D eigenvalue weighted by Crippen LogP contribution is -2.43. The lowest BCUT2D eigenvalue weighted by molar-refractivity contribution is -0.126. The van der Waals surface area contributed by atoms with Gasteiger partial charge in [-0.15, -0.1) is 0 Å². The molecule has 3 N–H and O–H groups in total. The van der Waals surface area contributed by atoms with Gasteiger partial charge in [0.05, 0.1) is 5.92 Å². The van der Waals surface area contributed by atoms with Gasteiger partial charge in [0.25, 0.3) is 0 Å². The highest BCUT2D eigenvalue weighted by Gasteiger charge is 2.25. The van der Waals surface area contributed by atoms with Crippen LogP contribution in [-0.4, -0.2) is 37.0 Å². The second-order valence-electron chi connectivity index (χ2n) is 5.64. The maximum atomic E-state index is 12.0. The number of nitrogens with one attached hydrogen (secondary N) is 1. The van der Waals surface area contributed by atoms with Crippen molar-refractivity contribution in [2.24, 2.45) is 11.7 Å². The fraction of sp³-hybridized carbons (Fsp3) is 0.562. The van der Waals surface area contributed by atoms with Gasteiger partial charge in [0, 0.05) is 26.2 Å². The lowest BCUT2D eigenvalue weighted by Gasteiger charge is -2.32. The summed E-state index contributed by atoms with van der Waals surface area (Å²) in [4.78, 5) is 14.4. The third-order valence-corrected chi connectivity index (χ3v) is 3.81. The van der Waals surface area contributed by atoms with E-state index in [0.29, 0.717) is 13.1 Å². The summed E-state index contributed by atoms with van der Waals surface area (Å²) in [6, 6.07) is 8.59. The van der Waals surface area contributed by atoms with Crippen molar-refractivity contribution < 1.29 is 4.79 Å². The molecule has 20 heavy (non-hydrogen) atoms. The Kier molecular flexibility index (Phi) is 5.56. The first-order chi connectivity index (χ1) is 9.69. The topological polar surface area (TPSA) is 58.4 Å². The van der Waals surface area contributed by atoms with Crippen LogP contribution in [0.1, 0.15) is 24.0 Å². The quantitative estimate of drug-likeness (QED) is 0.851. The van der Waals surface area contributed by atoms with Gasteiger partial charge in [-0.05, 0) is 31.9 Å². The summed E-state index contributed by atoms with van der Waals surface area (Å²) in [5.74, 6) is 0.268. The Morgan fingerprint density at radius 1 is 1.50 bits per heavy atom. The number of rotatable bonds is 5. The van der Waals surface area contributed by atoms with Crippen LogP contribution in [0.4, 0.5) is 0 Å². The first-order valence-electron chi connectivity index (χ1n) is 7.44. The van der Waals surface area contributed by atoms with Gasteiger partial charge in [0.1, 0.15) is 0 Å². The molecule has 1 fully saturated rings. The van der Waals surface area contributed by atoms with Crippen LogP contribution in [0.2, 0.25) is 0 Å². The third-order valence-electron chi connectivity index (χ3n) is 3.81. The van der Waals surface area contributed by atoms with E-state index in [1.54, 1.807) is 0 Å². The highest BCUT2D eigenvalue weighted by atomic mass is 16.1. The Morgan fingerprint density at radius 2 is 2.35 bits per heavy atom. The van der Waals surface area contributed by atoms with Crippen LogP contribution in [-0.2, 0) is 11.3 Å². The van der Waals surface area contributed by atoms with E-state index in [0.717, 1.165) is 32.5 Å². The van der Waals surface area contributed by atoms with Gasteiger partial charge in [-0.3, -0.25) is 9.69 Å². The van der Waals surface area contributed by atoms with Crippen molar-refractivity contribution in [1.82, 2.24) is 10.2 Å². The number of likely N-dealkylation sites (tertiary alicyclic amines) is 1. The van der Waals surface area contributed by atoms with Gasteiger partial charge in [-0.1, -0.05) is 29.8 Å². The van der Waals surface area contributed by atoms with Crippen LogP contribution >= 0.6 is 0 Å². The number of benzene rings is 1. The number of hydrogen-bond donors (Lipinski definition) is 2. The summed E-state index contributed by atoms with van der Waals surface area (Å²) in [5.41, 5.74) is 8.04. The molecule has 2 rings (SSSR count). The SMILES string of the molecule is Cc1cccc(CN2CCCC(C(=O)NCCN)C2)c1. The second-order valence-corrected chi connectivity index (χ2v) is 5.64. The molecule has 0 spiro atoms. The van der Waals surface area contributed by atoms with Crippen molar-refractivity contribution in [3.8, 4) is 0 Å². The first kappa shape index (κ1) is 15.0. The van der Waals surface area contributed by atoms with Crippen molar-refractivity contribution in [2.75, 3.05) is 26.2 Å². The van der Waals surface area contributed by atoms with E-state index in [2.05, 4.69) is 41.4 Å². The van der Waals surface area contributed by atoms with E-state index in [4.69, 9.17) is 5.73 Å². The number of carbonyl (C=O) groups excluding carboxylic acids is 1. The number of carbonyl (C=O) groups is 1. The van der Waals surface area contributed by atoms with E-state index < -0.39 is 0 Å². The molecular formula is C16H25N3O. The van der Waals surface area contributed by atoms with Gasteiger partial charge in [0.2, 0.25) is 5.91 Å². The summed E-state index contributed by atoms with van der Waals surface area (Å²) >= 11 is 0. The van der Waals surface area contributed by atoms with Crippen LogP contribution in [0.15, 0.2) is 24.3 Å². The van der Waals surface area contributed by atoms with Crippen LogP contribution in [0.25, 0.3) is 0 Å². The van der Waals surface area contributed by atoms with Crippen molar-refractivity contribution in [3.05, 3.63) is 35.4 Å². The highest BCUT2D eigenvalue weighted by molar-refractivity contribution is 5.78. The van der Waals surface area contributed by atoms with Crippen LogP contribution < -0.4 is 11.1 Å². The lowest BCUT2D eigenvalue weighted by atomic mass is 9.96. The summed E-state index contributed by atoms with van der Waals surface area (Å²) in [5, 5.41) is 2.90. The molecule has 0 aromatic heterocycles. The van der Waals surface area contributed by atoms with Crippen molar-refractivity contribution >= 4 is 5.91 Å². The molecule has 0 saturated carbocycles. The van der Waals surface area contributed by atoms with Crippen molar-refractivity contribution in [3.63, 3.8) is 0 Å². The largest absolute Gasteiger partial charge is 0.355 e.